The molecule has 0 atom stereocenters. The summed E-state index contributed by atoms with van der Waals surface area (Å²) in [6.07, 6.45) is 0. The van der Waals surface area contributed by atoms with Crippen LogP contribution in [0.25, 0.3) is 0 Å². The van der Waals surface area contributed by atoms with Crippen molar-refractivity contribution in [2.45, 2.75) is 31.8 Å². The van der Waals surface area contributed by atoms with E-state index in [1.54, 1.807) is 55.6 Å². The molecule has 0 heterocycles. The summed E-state index contributed by atoms with van der Waals surface area (Å²) in [6.45, 7) is 4.62. The first-order valence-electron chi connectivity index (χ1n) is 9.71. The molecule has 0 fully saturated rings. The third-order valence-corrected chi connectivity index (χ3v) is 6.74. The molecule has 0 saturated heterocycles. The number of amides is 1. The molecule has 1 amide bonds. The van der Waals surface area contributed by atoms with E-state index >= 15 is 0 Å². The number of nitrogens with zero attached hydrogens (tertiary/aromatic N) is 1. The second kappa shape index (κ2) is 9.24. The van der Waals surface area contributed by atoms with Crippen LogP contribution in [0.1, 0.15) is 32.6 Å². The summed E-state index contributed by atoms with van der Waals surface area (Å²) in [4.78, 5) is 12.6. The van der Waals surface area contributed by atoms with Crippen molar-refractivity contribution < 1.29 is 13.2 Å². The first-order valence-corrected chi connectivity index (χ1v) is 11.2. The molecule has 3 aromatic rings. The molecular formula is C24H26N2O3S. The van der Waals surface area contributed by atoms with Crippen molar-refractivity contribution in [1.82, 2.24) is 9.62 Å². The van der Waals surface area contributed by atoms with Crippen LogP contribution in [-0.4, -0.2) is 25.7 Å². The maximum absolute atomic E-state index is 12.7. The topological polar surface area (TPSA) is 66.5 Å². The van der Waals surface area contributed by atoms with Crippen LogP contribution in [0.4, 0.5) is 0 Å². The Morgan fingerprint density at radius 3 is 1.87 bits per heavy atom. The molecule has 156 valence electrons. The van der Waals surface area contributed by atoms with Gasteiger partial charge in [-0.05, 0) is 49.2 Å². The molecule has 6 heteroatoms. The maximum atomic E-state index is 12.7. The Morgan fingerprint density at radius 2 is 1.30 bits per heavy atom. The predicted octanol–water partition coefficient (Wildman–Crippen LogP) is 4.05. The van der Waals surface area contributed by atoms with Crippen LogP contribution >= 0.6 is 0 Å². The van der Waals surface area contributed by atoms with E-state index in [2.05, 4.69) is 5.32 Å². The van der Waals surface area contributed by atoms with Gasteiger partial charge >= 0.3 is 0 Å². The van der Waals surface area contributed by atoms with Crippen molar-refractivity contribution in [3.63, 3.8) is 0 Å². The maximum Gasteiger partial charge on any atom is 0.251 e. The molecule has 1 N–H and O–H groups in total. The lowest BCUT2D eigenvalue weighted by Gasteiger charge is -2.17. The van der Waals surface area contributed by atoms with E-state index in [4.69, 9.17) is 0 Å². The van der Waals surface area contributed by atoms with E-state index in [0.29, 0.717) is 12.1 Å². The molecule has 30 heavy (non-hydrogen) atoms. The average molecular weight is 423 g/mol. The number of benzene rings is 3. The lowest BCUT2D eigenvalue weighted by Crippen LogP contribution is -2.26. The summed E-state index contributed by atoms with van der Waals surface area (Å²) >= 11 is 0. The summed E-state index contributed by atoms with van der Waals surface area (Å²) in [5, 5.41) is 2.90. The zero-order valence-electron chi connectivity index (χ0n) is 17.4. The number of aryl methyl sites for hydroxylation is 2. The SMILES string of the molecule is Cc1ccc(CNC(=O)c2ccc(CN(C)S(=O)(=O)c3ccc(C)cc3)cc2)cc1. The van der Waals surface area contributed by atoms with E-state index in [0.717, 1.165) is 16.7 Å². The Kier molecular flexibility index (Phi) is 6.70. The Morgan fingerprint density at radius 1 is 0.800 bits per heavy atom. The quantitative estimate of drug-likeness (QED) is 0.625. The summed E-state index contributed by atoms with van der Waals surface area (Å²) in [5.74, 6) is -0.164. The van der Waals surface area contributed by atoms with Crippen LogP contribution in [0.2, 0.25) is 0 Å². The number of sulfonamides is 1. The van der Waals surface area contributed by atoms with Gasteiger partial charge in [0.15, 0.2) is 0 Å². The second-order valence-electron chi connectivity index (χ2n) is 7.44. The average Bonchev–Trinajstić information content (AvgIpc) is 2.74. The summed E-state index contributed by atoms with van der Waals surface area (Å²) in [6, 6.07) is 21.8. The molecule has 3 aromatic carbocycles. The van der Waals surface area contributed by atoms with Crippen LogP contribution in [0.3, 0.4) is 0 Å². The predicted molar refractivity (Wildman–Crippen MR) is 119 cm³/mol. The minimum Gasteiger partial charge on any atom is -0.348 e. The molecule has 0 spiro atoms. The van der Waals surface area contributed by atoms with Gasteiger partial charge in [-0.15, -0.1) is 0 Å². The minimum atomic E-state index is -3.57. The third kappa shape index (κ3) is 5.34. The van der Waals surface area contributed by atoms with Crippen molar-refractivity contribution in [1.29, 1.82) is 0 Å². The fraction of sp³-hybridized carbons (Fsp3) is 0.208. The zero-order valence-corrected chi connectivity index (χ0v) is 18.2. The smallest absolute Gasteiger partial charge is 0.251 e. The zero-order chi connectivity index (χ0) is 21.7. The Hall–Kier alpha value is -2.96. The van der Waals surface area contributed by atoms with Crippen LogP contribution in [-0.2, 0) is 23.1 Å². The van der Waals surface area contributed by atoms with Gasteiger partial charge in [-0.1, -0.05) is 59.7 Å². The highest BCUT2D eigenvalue weighted by molar-refractivity contribution is 7.89. The standard InChI is InChI=1S/C24H26N2O3S/c1-18-4-8-20(9-5-18)16-25-24(27)22-12-10-21(11-13-22)17-26(3)30(28,29)23-14-6-19(2)7-15-23/h4-15H,16-17H2,1-3H3,(H,25,27). The number of hydrogen-bond donors (Lipinski definition) is 1. The van der Waals surface area contributed by atoms with Crippen molar-refractivity contribution in [3.8, 4) is 0 Å². The van der Waals surface area contributed by atoms with Crippen LogP contribution in [0, 0.1) is 13.8 Å². The first-order chi connectivity index (χ1) is 14.3. The summed E-state index contributed by atoms with van der Waals surface area (Å²) in [5.41, 5.74) is 4.56. The summed E-state index contributed by atoms with van der Waals surface area (Å²) in [7, 11) is -2.02. The van der Waals surface area contributed by atoms with Gasteiger partial charge in [0, 0.05) is 25.7 Å². The molecule has 0 bridgehead atoms. The molecule has 3 rings (SSSR count). The van der Waals surface area contributed by atoms with Gasteiger partial charge in [0.05, 0.1) is 4.90 Å². The molecule has 0 aliphatic rings. The molecule has 5 nitrogen and oxygen atoms in total. The Balaban J connectivity index is 1.61. The lowest BCUT2D eigenvalue weighted by atomic mass is 10.1. The molecule has 0 aliphatic heterocycles. The normalized spacial score (nSPS) is 11.5. The van der Waals surface area contributed by atoms with E-state index in [9.17, 15) is 13.2 Å². The fourth-order valence-corrected chi connectivity index (χ4v) is 4.14. The van der Waals surface area contributed by atoms with Gasteiger partial charge in [-0.25, -0.2) is 8.42 Å². The molecule has 0 aliphatic carbocycles. The van der Waals surface area contributed by atoms with E-state index in [1.165, 1.54) is 9.87 Å². The molecule has 0 saturated carbocycles. The highest BCUT2D eigenvalue weighted by Crippen LogP contribution is 2.18. The number of rotatable bonds is 7. The first kappa shape index (κ1) is 21.7. The molecule has 0 unspecified atom stereocenters. The minimum absolute atomic E-state index is 0.164. The van der Waals surface area contributed by atoms with Crippen molar-refractivity contribution in [2.24, 2.45) is 0 Å². The largest absolute Gasteiger partial charge is 0.348 e. The van der Waals surface area contributed by atoms with Crippen LogP contribution in [0.5, 0.6) is 0 Å². The van der Waals surface area contributed by atoms with Gasteiger partial charge in [-0.3, -0.25) is 4.79 Å². The Labute approximate surface area is 178 Å². The highest BCUT2D eigenvalue weighted by Gasteiger charge is 2.20. The third-order valence-electron chi connectivity index (χ3n) is 4.92. The van der Waals surface area contributed by atoms with Crippen molar-refractivity contribution in [2.75, 3.05) is 7.05 Å². The summed E-state index contributed by atoms with van der Waals surface area (Å²) < 4.78 is 26.8. The van der Waals surface area contributed by atoms with Gasteiger partial charge in [-0.2, -0.15) is 4.31 Å². The highest BCUT2D eigenvalue weighted by atomic mass is 32.2. The number of hydrogen-bond acceptors (Lipinski definition) is 3. The lowest BCUT2D eigenvalue weighted by molar-refractivity contribution is 0.0951. The second-order valence-corrected chi connectivity index (χ2v) is 9.48. The number of carbonyl (C=O) groups excluding carboxylic acids is 1. The van der Waals surface area contributed by atoms with Crippen molar-refractivity contribution >= 4 is 15.9 Å². The molecular weight excluding hydrogens is 396 g/mol. The van der Waals surface area contributed by atoms with Crippen molar-refractivity contribution in [3.05, 3.63) is 101 Å². The number of nitrogens with one attached hydrogen (secondary N) is 1. The van der Waals surface area contributed by atoms with E-state index in [-0.39, 0.29) is 17.3 Å². The van der Waals surface area contributed by atoms with Gasteiger partial charge in [0.2, 0.25) is 10.0 Å². The van der Waals surface area contributed by atoms with Gasteiger partial charge in [0.1, 0.15) is 0 Å². The van der Waals surface area contributed by atoms with Crippen LogP contribution < -0.4 is 5.32 Å². The van der Waals surface area contributed by atoms with Gasteiger partial charge in [0.25, 0.3) is 5.91 Å². The fourth-order valence-electron chi connectivity index (χ4n) is 2.98. The van der Waals surface area contributed by atoms with Gasteiger partial charge < -0.3 is 5.32 Å². The Bertz CT molecular complexity index is 1100. The van der Waals surface area contributed by atoms with Crippen LogP contribution in [0.15, 0.2) is 77.7 Å². The molecule has 0 radical (unpaired) electrons. The monoisotopic (exact) mass is 422 g/mol. The van der Waals surface area contributed by atoms with E-state index < -0.39 is 10.0 Å². The van der Waals surface area contributed by atoms with E-state index in [1.807, 2.05) is 38.1 Å². The number of carbonyl (C=O) groups is 1. The molecule has 0 aromatic heterocycles.